The number of benzene rings is 3. The quantitative estimate of drug-likeness (QED) is 0.729. The minimum absolute atomic E-state index is 0.0179. The van der Waals surface area contributed by atoms with E-state index in [0.29, 0.717) is 5.56 Å². The molecule has 2 N–H and O–H groups in total. The van der Waals surface area contributed by atoms with Crippen LogP contribution in [-0.4, -0.2) is 26.8 Å². The Bertz CT molecular complexity index is 1140. The number of hydrogen-bond acceptors (Lipinski definition) is 5. The molecule has 0 aromatic heterocycles. The van der Waals surface area contributed by atoms with E-state index in [4.69, 9.17) is 0 Å². The fourth-order valence-corrected chi connectivity index (χ4v) is 4.73. The molecule has 1 aliphatic heterocycles. The van der Waals surface area contributed by atoms with E-state index in [1.165, 1.54) is 0 Å². The van der Waals surface area contributed by atoms with Crippen LogP contribution in [0.1, 0.15) is 10.9 Å². The molecule has 3 aromatic carbocycles. The maximum Gasteiger partial charge on any atom is 0.248 e. The number of carbonyl (C=O) groups excluding carboxylic acids is 1. The lowest BCUT2D eigenvalue weighted by molar-refractivity contribution is -0.117. The smallest absolute Gasteiger partial charge is 0.248 e. The molecule has 4 rings (SSSR count). The lowest BCUT2D eigenvalue weighted by atomic mass is 10.0. The number of nitrogens with one attached hydrogen (secondary N) is 2. The average molecular weight is 379 g/mol. The molecule has 1 heterocycles. The molecule has 3 aromatic rings. The highest BCUT2D eigenvalue weighted by Crippen LogP contribution is 2.31. The molecular formula is C20H17N3O3S. The van der Waals surface area contributed by atoms with Crippen molar-refractivity contribution in [2.75, 3.05) is 6.54 Å². The van der Waals surface area contributed by atoms with Gasteiger partial charge in [-0.3, -0.25) is 10.1 Å². The third-order valence-electron chi connectivity index (χ3n) is 4.39. The second kappa shape index (κ2) is 6.85. The standard InChI is InChI=1S/C20H17N3O3S/c24-18-13-21-20(22-18)23-19(27(25,26)15-9-2-1-3-10-15)17-12-6-8-14-7-4-5-11-16(14)17/h1-12,19H,13H2,(H2,21,22,23,24). The summed E-state index contributed by atoms with van der Waals surface area (Å²) in [6.45, 7) is -0.0179. The summed E-state index contributed by atoms with van der Waals surface area (Å²) in [5.41, 5.74) is 0.598. The van der Waals surface area contributed by atoms with Crippen LogP contribution in [0, 0.1) is 0 Å². The summed E-state index contributed by atoms with van der Waals surface area (Å²) in [6, 6.07) is 21.4. The van der Waals surface area contributed by atoms with Gasteiger partial charge in [-0.15, -0.1) is 0 Å². The number of hydrogen-bond donors (Lipinski definition) is 2. The van der Waals surface area contributed by atoms with E-state index < -0.39 is 15.2 Å². The normalized spacial score (nSPS) is 15.3. The number of sulfone groups is 1. The fourth-order valence-electron chi connectivity index (χ4n) is 3.12. The van der Waals surface area contributed by atoms with Gasteiger partial charge in [-0.25, -0.2) is 13.4 Å². The highest BCUT2D eigenvalue weighted by atomic mass is 32.2. The van der Waals surface area contributed by atoms with Gasteiger partial charge in [0, 0.05) is 0 Å². The Hall–Kier alpha value is -3.19. The molecule has 0 aliphatic carbocycles. The first-order valence-electron chi connectivity index (χ1n) is 8.43. The van der Waals surface area contributed by atoms with Crippen molar-refractivity contribution < 1.29 is 13.2 Å². The topological polar surface area (TPSA) is 87.6 Å². The number of nitrogens with zero attached hydrogens (tertiary/aromatic N) is 1. The van der Waals surface area contributed by atoms with E-state index in [9.17, 15) is 13.2 Å². The monoisotopic (exact) mass is 379 g/mol. The van der Waals surface area contributed by atoms with Crippen LogP contribution in [0.15, 0.2) is 82.7 Å². The molecule has 6 nitrogen and oxygen atoms in total. The summed E-state index contributed by atoms with van der Waals surface area (Å²) < 4.78 is 26.8. The van der Waals surface area contributed by atoms with Crippen LogP contribution in [0.2, 0.25) is 0 Å². The zero-order valence-electron chi connectivity index (χ0n) is 14.3. The first-order valence-corrected chi connectivity index (χ1v) is 9.98. The van der Waals surface area contributed by atoms with E-state index in [-0.39, 0.29) is 23.3 Å². The number of guanidine groups is 1. The minimum atomic E-state index is -3.79. The van der Waals surface area contributed by atoms with Gasteiger partial charge in [-0.1, -0.05) is 60.7 Å². The van der Waals surface area contributed by atoms with Crippen molar-refractivity contribution in [3.63, 3.8) is 0 Å². The van der Waals surface area contributed by atoms with E-state index >= 15 is 0 Å². The van der Waals surface area contributed by atoms with Crippen LogP contribution in [-0.2, 0) is 14.6 Å². The Labute approximate surface area is 156 Å². The highest BCUT2D eigenvalue weighted by Gasteiger charge is 2.32. The van der Waals surface area contributed by atoms with Crippen molar-refractivity contribution in [1.82, 2.24) is 10.6 Å². The molecule has 0 saturated carbocycles. The van der Waals surface area contributed by atoms with Gasteiger partial charge in [0.25, 0.3) is 0 Å². The predicted octanol–water partition coefficient (Wildman–Crippen LogP) is 2.39. The molecule has 0 radical (unpaired) electrons. The molecule has 0 fully saturated rings. The number of aliphatic imine (C=N–C) groups is 1. The molecule has 1 amide bonds. The molecule has 27 heavy (non-hydrogen) atoms. The summed E-state index contributed by atoms with van der Waals surface area (Å²) in [7, 11) is -3.79. The Morgan fingerprint density at radius 1 is 0.926 bits per heavy atom. The first kappa shape index (κ1) is 17.2. The third-order valence-corrected chi connectivity index (χ3v) is 6.32. The van der Waals surface area contributed by atoms with Crippen LogP contribution in [0.4, 0.5) is 0 Å². The number of amides is 1. The number of rotatable bonds is 4. The molecule has 0 bridgehead atoms. The van der Waals surface area contributed by atoms with Gasteiger partial charge in [0.05, 0.1) is 4.90 Å². The van der Waals surface area contributed by atoms with Crippen LogP contribution in [0.5, 0.6) is 0 Å². The summed E-state index contributed by atoms with van der Waals surface area (Å²) in [5, 5.41) is 6.14. The number of carbonyl (C=O) groups is 1. The molecule has 0 saturated heterocycles. The maximum atomic E-state index is 13.4. The van der Waals surface area contributed by atoms with Gasteiger partial charge in [0.2, 0.25) is 15.7 Å². The van der Waals surface area contributed by atoms with E-state index in [1.54, 1.807) is 36.4 Å². The van der Waals surface area contributed by atoms with Gasteiger partial charge < -0.3 is 5.32 Å². The fraction of sp³-hybridized carbons (Fsp3) is 0.100. The van der Waals surface area contributed by atoms with Crippen LogP contribution >= 0.6 is 0 Å². The van der Waals surface area contributed by atoms with E-state index in [0.717, 1.165) is 10.8 Å². The lowest BCUT2D eigenvalue weighted by Crippen LogP contribution is -2.41. The summed E-state index contributed by atoms with van der Waals surface area (Å²) in [4.78, 5) is 15.7. The van der Waals surface area contributed by atoms with Crippen molar-refractivity contribution in [3.05, 3.63) is 78.4 Å². The Kier molecular flexibility index (Phi) is 4.37. The molecule has 136 valence electrons. The largest absolute Gasteiger partial charge is 0.335 e. The Balaban J connectivity index is 1.87. The predicted molar refractivity (Wildman–Crippen MR) is 104 cm³/mol. The second-order valence-corrected chi connectivity index (χ2v) is 8.20. The molecule has 1 aliphatic rings. The highest BCUT2D eigenvalue weighted by molar-refractivity contribution is 7.91. The van der Waals surface area contributed by atoms with Gasteiger partial charge in [-0.05, 0) is 28.5 Å². The van der Waals surface area contributed by atoms with Crippen LogP contribution < -0.4 is 10.6 Å². The Morgan fingerprint density at radius 2 is 1.63 bits per heavy atom. The summed E-state index contributed by atoms with van der Waals surface area (Å²) in [6.07, 6.45) is 0. The SMILES string of the molecule is O=C1CN=C(NC(c2cccc3ccccc23)S(=O)(=O)c2ccccc2)N1. The van der Waals surface area contributed by atoms with Crippen molar-refractivity contribution in [3.8, 4) is 0 Å². The summed E-state index contributed by atoms with van der Waals surface area (Å²) in [5.74, 6) is -0.108. The maximum absolute atomic E-state index is 13.4. The third kappa shape index (κ3) is 3.29. The molecule has 1 atom stereocenters. The zero-order valence-corrected chi connectivity index (χ0v) is 15.1. The summed E-state index contributed by atoms with van der Waals surface area (Å²) >= 11 is 0. The van der Waals surface area contributed by atoms with Gasteiger partial charge in [0.1, 0.15) is 6.54 Å². The minimum Gasteiger partial charge on any atom is -0.335 e. The Morgan fingerprint density at radius 3 is 2.37 bits per heavy atom. The van der Waals surface area contributed by atoms with E-state index in [1.807, 2.05) is 36.4 Å². The first-order chi connectivity index (χ1) is 13.1. The van der Waals surface area contributed by atoms with Crippen molar-refractivity contribution in [2.45, 2.75) is 10.3 Å². The van der Waals surface area contributed by atoms with Crippen LogP contribution in [0.3, 0.4) is 0 Å². The van der Waals surface area contributed by atoms with Gasteiger partial charge >= 0.3 is 0 Å². The van der Waals surface area contributed by atoms with Gasteiger partial charge in [-0.2, -0.15) is 0 Å². The van der Waals surface area contributed by atoms with E-state index in [2.05, 4.69) is 15.6 Å². The zero-order chi connectivity index (χ0) is 18.9. The average Bonchev–Trinajstić information content (AvgIpc) is 3.11. The van der Waals surface area contributed by atoms with Crippen LogP contribution in [0.25, 0.3) is 10.8 Å². The van der Waals surface area contributed by atoms with Crippen molar-refractivity contribution in [1.29, 1.82) is 0 Å². The lowest BCUT2D eigenvalue weighted by Gasteiger charge is -2.22. The second-order valence-electron chi connectivity index (χ2n) is 6.16. The molecule has 7 heteroatoms. The van der Waals surface area contributed by atoms with Gasteiger partial charge in [0.15, 0.2) is 11.3 Å². The van der Waals surface area contributed by atoms with Crippen molar-refractivity contribution >= 4 is 32.5 Å². The number of fused-ring (bicyclic) bond motifs is 1. The molecular weight excluding hydrogens is 362 g/mol. The molecule has 0 spiro atoms. The van der Waals surface area contributed by atoms with Crippen molar-refractivity contribution in [2.24, 2.45) is 4.99 Å². The molecule has 1 unspecified atom stereocenters.